The van der Waals surface area contributed by atoms with E-state index in [1.807, 2.05) is 17.9 Å². The van der Waals surface area contributed by atoms with Crippen LogP contribution in [0.15, 0.2) is 30.6 Å². The molecule has 1 fully saturated rings. The zero-order valence-corrected chi connectivity index (χ0v) is 13.6. The number of rotatable bonds is 4. The first-order chi connectivity index (χ1) is 10.7. The van der Waals surface area contributed by atoms with Gasteiger partial charge in [0.05, 0.1) is 11.9 Å². The highest BCUT2D eigenvalue weighted by molar-refractivity contribution is 5.10. The Kier molecular flexibility index (Phi) is 4.85. The summed E-state index contributed by atoms with van der Waals surface area (Å²) in [4.78, 5) is 9.67. The van der Waals surface area contributed by atoms with Gasteiger partial charge in [0.15, 0.2) is 0 Å². The second-order valence-corrected chi connectivity index (χ2v) is 6.20. The average Bonchev–Trinajstić information content (AvgIpc) is 2.76. The lowest BCUT2D eigenvalue weighted by atomic mass is 10.3. The standard InChI is InChI=1S/C17H25N5/c1-15-5-3-6-17(19-15)14-22-8-4-7-21(9-10-22)13-16-11-18-20(2)12-16/h3,5-6,11-12H,4,7-10,13-14H2,1-2H3. The van der Waals surface area contributed by atoms with Gasteiger partial charge in [-0.2, -0.15) is 5.10 Å². The first-order valence-corrected chi connectivity index (χ1v) is 8.04. The highest BCUT2D eigenvalue weighted by atomic mass is 15.3. The van der Waals surface area contributed by atoms with Crippen molar-refractivity contribution >= 4 is 0 Å². The van der Waals surface area contributed by atoms with Crippen LogP contribution in [0.1, 0.15) is 23.4 Å². The fourth-order valence-electron chi connectivity index (χ4n) is 3.07. The van der Waals surface area contributed by atoms with E-state index in [1.165, 1.54) is 17.7 Å². The molecular weight excluding hydrogens is 274 g/mol. The van der Waals surface area contributed by atoms with E-state index in [0.29, 0.717) is 0 Å². The van der Waals surface area contributed by atoms with E-state index in [2.05, 4.69) is 51.2 Å². The predicted octanol–water partition coefficient (Wildman–Crippen LogP) is 1.83. The second kappa shape index (κ2) is 7.03. The summed E-state index contributed by atoms with van der Waals surface area (Å²) in [5.41, 5.74) is 3.59. The molecule has 3 rings (SSSR count). The molecular formula is C17H25N5. The summed E-state index contributed by atoms with van der Waals surface area (Å²) in [5.74, 6) is 0. The minimum absolute atomic E-state index is 0.961. The molecule has 0 spiro atoms. The Morgan fingerprint density at radius 1 is 1.05 bits per heavy atom. The van der Waals surface area contributed by atoms with Gasteiger partial charge in [0.2, 0.25) is 0 Å². The maximum absolute atomic E-state index is 4.62. The fraction of sp³-hybridized carbons (Fsp3) is 0.529. The third kappa shape index (κ3) is 4.15. The van der Waals surface area contributed by atoms with Gasteiger partial charge in [0.1, 0.15) is 0 Å². The molecule has 0 saturated carbocycles. The number of nitrogens with zero attached hydrogens (tertiary/aromatic N) is 5. The molecule has 0 radical (unpaired) electrons. The number of hydrogen-bond acceptors (Lipinski definition) is 4. The summed E-state index contributed by atoms with van der Waals surface area (Å²) in [7, 11) is 1.97. The van der Waals surface area contributed by atoms with E-state index >= 15 is 0 Å². The van der Waals surface area contributed by atoms with Crippen molar-refractivity contribution < 1.29 is 0 Å². The lowest BCUT2D eigenvalue weighted by molar-refractivity contribution is 0.245. The summed E-state index contributed by atoms with van der Waals surface area (Å²) < 4.78 is 1.88. The second-order valence-electron chi connectivity index (χ2n) is 6.20. The third-order valence-electron chi connectivity index (χ3n) is 4.18. The zero-order valence-electron chi connectivity index (χ0n) is 13.6. The van der Waals surface area contributed by atoms with Gasteiger partial charge in [-0.15, -0.1) is 0 Å². The van der Waals surface area contributed by atoms with E-state index in [4.69, 9.17) is 0 Å². The molecule has 1 saturated heterocycles. The summed E-state index contributed by atoms with van der Waals surface area (Å²) in [6, 6.07) is 6.29. The highest BCUT2D eigenvalue weighted by Gasteiger charge is 2.16. The van der Waals surface area contributed by atoms with Crippen molar-refractivity contribution in [2.45, 2.75) is 26.4 Å². The molecule has 1 aliphatic rings. The van der Waals surface area contributed by atoms with Gasteiger partial charge in [-0.1, -0.05) is 6.07 Å². The van der Waals surface area contributed by atoms with Crippen molar-refractivity contribution in [3.05, 3.63) is 47.5 Å². The van der Waals surface area contributed by atoms with Gasteiger partial charge < -0.3 is 0 Å². The molecule has 118 valence electrons. The van der Waals surface area contributed by atoms with E-state index in [1.54, 1.807) is 0 Å². The first-order valence-electron chi connectivity index (χ1n) is 8.04. The van der Waals surface area contributed by atoms with Crippen molar-refractivity contribution in [2.24, 2.45) is 7.05 Å². The highest BCUT2D eigenvalue weighted by Crippen LogP contribution is 2.11. The van der Waals surface area contributed by atoms with Gasteiger partial charge in [0, 0.05) is 50.7 Å². The van der Waals surface area contributed by atoms with Crippen molar-refractivity contribution in [1.82, 2.24) is 24.6 Å². The van der Waals surface area contributed by atoms with Crippen molar-refractivity contribution in [3.63, 3.8) is 0 Å². The molecule has 0 atom stereocenters. The topological polar surface area (TPSA) is 37.2 Å². The van der Waals surface area contributed by atoms with Gasteiger partial charge in [-0.3, -0.25) is 19.5 Å². The van der Waals surface area contributed by atoms with E-state index in [0.717, 1.165) is 45.0 Å². The summed E-state index contributed by atoms with van der Waals surface area (Å²) in [5, 5.41) is 4.26. The number of pyridine rings is 1. The zero-order chi connectivity index (χ0) is 15.4. The largest absolute Gasteiger partial charge is 0.298 e. The molecule has 5 heteroatoms. The van der Waals surface area contributed by atoms with Gasteiger partial charge in [-0.05, 0) is 38.6 Å². The Labute approximate surface area is 132 Å². The summed E-state index contributed by atoms with van der Waals surface area (Å²) >= 11 is 0. The van der Waals surface area contributed by atoms with Crippen LogP contribution >= 0.6 is 0 Å². The number of hydrogen-bond donors (Lipinski definition) is 0. The lowest BCUT2D eigenvalue weighted by Gasteiger charge is -2.21. The summed E-state index contributed by atoms with van der Waals surface area (Å²) in [6.07, 6.45) is 5.30. The Bertz CT molecular complexity index is 607. The van der Waals surface area contributed by atoms with Crippen LogP contribution in [0.5, 0.6) is 0 Å². The molecule has 22 heavy (non-hydrogen) atoms. The van der Waals surface area contributed by atoms with Crippen molar-refractivity contribution in [2.75, 3.05) is 26.2 Å². The SMILES string of the molecule is Cc1cccc(CN2CCCN(Cc3cnn(C)c3)CC2)n1. The smallest absolute Gasteiger partial charge is 0.0547 e. The molecule has 2 aromatic heterocycles. The minimum atomic E-state index is 0.961. The van der Waals surface area contributed by atoms with Gasteiger partial charge >= 0.3 is 0 Å². The molecule has 0 bridgehead atoms. The molecule has 1 aliphatic heterocycles. The van der Waals surface area contributed by atoms with Crippen LogP contribution in [-0.2, 0) is 20.1 Å². The first kappa shape index (κ1) is 15.2. The molecule has 0 amide bonds. The minimum Gasteiger partial charge on any atom is -0.298 e. The van der Waals surface area contributed by atoms with Crippen LogP contribution in [0.4, 0.5) is 0 Å². The van der Waals surface area contributed by atoms with Crippen LogP contribution < -0.4 is 0 Å². The van der Waals surface area contributed by atoms with Gasteiger partial charge in [-0.25, -0.2) is 0 Å². The Morgan fingerprint density at radius 3 is 2.50 bits per heavy atom. The quantitative estimate of drug-likeness (QED) is 0.863. The van der Waals surface area contributed by atoms with Crippen LogP contribution in [0.3, 0.4) is 0 Å². The van der Waals surface area contributed by atoms with Crippen molar-refractivity contribution in [1.29, 1.82) is 0 Å². The van der Waals surface area contributed by atoms with Crippen LogP contribution in [0, 0.1) is 6.92 Å². The number of aryl methyl sites for hydroxylation is 2. The molecule has 3 heterocycles. The van der Waals surface area contributed by atoms with E-state index < -0.39 is 0 Å². The molecule has 0 aliphatic carbocycles. The van der Waals surface area contributed by atoms with Crippen molar-refractivity contribution in [3.8, 4) is 0 Å². The summed E-state index contributed by atoms with van der Waals surface area (Å²) in [6.45, 7) is 8.55. The molecule has 5 nitrogen and oxygen atoms in total. The Balaban J connectivity index is 1.53. The Hall–Kier alpha value is -1.72. The monoisotopic (exact) mass is 299 g/mol. The number of aromatic nitrogens is 3. The molecule has 0 N–H and O–H groups in total. The predicted molar refractivity (Wildman–Crippen MR) is 87.4 cm³/mol. The maximum atomic E-state index is 4.62. The molecule has 2 aromatic rings. The Morgan fingerprint density at radius 2 is 1.82 bits per heavy atom. The van der Waals surface area contributed by atoms with Crippen LogP contribution in [0.2, 0.25) is 0 Å². The third-order valence-corrected chi connectivity index (χ3v) is 4.18. The van der Waals surface area contributed by atoms with E-state index in [-0.39, 0.29) is 0 Å². The van der Waals surface area contributed by atoms with Crippen LogP contribution in [0.25, 0.3) is 0 Å². The van der Waals surface area contributed by atoms with Gasteiger partial charge in [0.25, 0.3) is 0 Å². The normalized spacial score (nSPS) is 17.5. The fourth-order valence-corrected chi connectivity index (χ4v) is 3.07. The van der Waals surface area contributed by atoms with E-state index in [9.17, 15) is 0 Å². The molecule has 0 unspecified atom stereocenters. The maximum Gasteiger partial charge on any atom is 0.0547 e. The van der Waals surface area contributed by atoms with Crippen LogP contribution in [-0.4, -0.2) is 50.7 Å². The average molecular weight is 299 g/mol. The molecule has 0 aromatic carbocycles. The lowest BCUT2D eigenvalue weighted by Crippen LogP contribution is -2.30.